The molecule has 2 rings (SSSR count). The minimum Gasteiger partial charge on any atom is -0.356 e. The third-order valence-electron chi connectivity index (χ3n) is 3.83. The van der Waals surface area contributed by atoms with Crippen LogP contribution in [-0.2, 0) is 14.6 Å². The van der Waals surface area contributed by atoms with Crippen LogP contribution >= 0.6 is 0 Å². The summed E-state index contributed by atoms with van der Waals surface area (Å²) in [5, 5.41) is 5.97. The van der Waals surface area contributed by atoms with Gasteiger partial charge in [-0.25, -0.2) is 8.42 Å². The van der Waals surface area contributed by atoms with E-state index in [0.29, 0.717) is 6.54 Å². The van der Waals surface area contributed by atoms with Crippen molar-refractivity contribution in [3.63, 3.8) is 0 Å². The summed E-state index contributed by atoms with van der Waals surface area (Å²) in [5.74, 6) is 1.03. The van der Waals surface area contributed by atoms with Crippen molar-refractivity contribution in [1.29, 1.82) is 0 Å². The topological polar surface area (TPSA) is 75.3 Å². The van der Waals surface area contributed by atoms with E-state index in [1.807, 2.05) is 0 Å². The summed E-state index contributed by atoms with van der Waals surface area (Å²) in [6.45, 7) is 1.19. The van der Waals surface area contributed by atoms with Gasteiger partial charge in [0.2, 0.25) is 5.91 Å². The van der Waals surface area contributed by atoms with Crippen LogP contribution in [0.5, 0.6) is 0 Å². The number of carbonyl (C=O) groups excluding carboxylic acids is 1. The van der Waals surface area contributed by atoms with E-state index < -0.39 is 9.84 Å². The summed E-state index contributed by atoms with van der Waals surface area (Å²) in [6.07, 6.45) is 5.23. The molecule has 0 spiro atoms. The molecule has 2 fully saturated rings. The Morgan fingerprint density at radius 3 is 2.72 bits per heavy atom. The van der Waals surface area contributed by atoms with Crippen LogP contribution in [0, 0.1) is 5.92 Å². The number of hydrogen-bond donors (Lipinski definition) is 2. The highest BCUT2D eigenvalue weighted by atomic mass is 32.2. The van der Waals surface area contributed by atoms with Crippen LogP contribution in [0.15, 0.2) is 0 Å². The van der Waals surface area contributed by atoms with E-state index in [1.54, 1.807) is 0 Å². The second kappa shape index (κ2) is 6.02. The van der Waals surface area contributed by atoms with Gasteiger partial charge in [0, 0.05) is 25.6 Å². The molecule has 5 nitrogen and oxygen atoms in total. The van der Waals surface area contributed by atoms with Crippen molar-refractivity contribution < 1.29 is 13.2 Å². The molecule has 104 valence electrons. The predicted octanol–water partition coefficient (Wildman–Crippen LogP) is 0.0695. The lowest BCUT2D eigenvalue weighted by molar-refractivity contribution is -0.121. The Morgan fingerprint density at radius 1 is 1.33 bits per heavy atom. The van der Waals surface area contributed by atoms with Crippen LogP contribution in [0.4, 0.5) is 0 Å². The molecule has 2 N–H and O–H groups in total. The smallest absolute Gasteiger partial charge is 0.221 e. The summed E-state index contributed by atoms with van der Waals surface area (Å²) < 4.78 is 22.8. The first-order chi connectivity index (χ1) is 8.55. The van der Waals surface area contributed by atoms with Gasteiger partial charge in [-0.15, -0.1) is 0 Å². The summed E-state index contributed by atoms with van der Waals surface area (Å²) in [6, 6.07) is -0.215. The third kappa shape index (κ3) is 4.24. The minimum absolute atomic E-state index is 0.0380. The van der Waals surface area contributed by atoms with Gasteiger partial charge in [-0.3, -0.25) is 4.79 Å². The molecule has 6 heteroatoms. The summed E-state index contributed by atoms with van der Waals surface area (Å²) >= 11 is 0. The molecule has 0 radical (unpaired) electrons. The van der Waals surface area contributed by atoms with Gasteiger partial charge < -0.3 is 10.6 Å². The van der Waals surface area contributed by atoms with Gasteiger partial charge in [0.1, 0.15) is 0 Å². The maximum atomic E-state index is 11.7. The molecule has 0 aromatic heterocycles. The van der Waals surface area contributed by atoms with Gasteiger partial charge in [-0.2, -0.15) is 0 Å². The second-order valence-corrected chi connectivity index (χ2v) is 7.63. The monoisotopic (exact) mass is 274 g/mol. The highest BCUT2D eigenvalue weighted by Crippen LogP contribution is 2.28. The second-order valence-electron chi connectivity index (χ2n) is 5.41. The van der Waals surface area contributed by atoms with Crippen molar-refractivity contribution in [2.45, 2.75) is 38.1 Å². The summed E-state index contributed by atoms with van der Waals surface area (Å²) in [5.41, 5.74) is 0. The van der Waals surface area contributed by atoms with E-state index >= 15 is 0 Å². The van der Waals surface area contributed by atoms with Crippen molar-refractivity contribution in [1.82, 2.24) is 10.6 Å². The maximum absolute atomic E-state index is 11.7. The lowest BCUT2D eigenvalue weighted by Gasteiger charge is -2.26. The van der Waals surface area contributed by atoms with E-state index in [0.717, 1.165) is 18.9 Å². The van der Waals surface area contributed by atoms with Gasteiger partial charge in [-0.1, -0.05) is 19.3 Å². The van der Waals surface area contributed by atoms with Gasteiger partial charge in [0.15, 0.2) is 9.84 Å². The van der Waals surface area contributed by atoms with Crippen molar-refractivity contribution in [3.8, 4) is 0 Å². The molecule has 2 aliphatic rings. The summed E-state index contributed by atoms with van der Waals surface area (Å²) in [7, 11) is -2.95. The molecular formula is C12H22N2O3S. The van der Waals surface area contributed by atoms with Gasteiger partial charge in [-0.05, 0) is 12.3 Å². The van der Waals surface area contributed by atoms with Crippen LogP contribution in [0.2, 0.25) is 0 Å². The van der Waals surface area contributed by atoms with Crippen molar-refractivity contribution in [2.24, 2.45) is 5.92 Å². The molecule has 1 aliphatic heterocycles. The normalized spacial score (nSPS) is 27.4. The van der Waals surface area contributed by atoms with E-state index in [2.05, 4.69) is 10.6 Å². The number of rotatable bonds is 5. The average molecular weight is 274 g/mol. The van der Waals surface area contributed by atoms with Crippen LogP contribution in [0.3, 0.4) is 0 Å². The van der Waals surface area contributed by atoms with E-state index in [-0.39, 0.29) is 29.9 Å². The molecule has 0 aromatic rings. The minimum atomic E-state index is -2.95. The number of amides is 1. The molecule has 1 aliphatic carbocycles. The molecule has 1 saturated carbocycles. The van der Waals surface area contributed by atoms with E-state index in [4.69, 9.17) is 0 Å². The van der Waals surface area contributed by atoms with Crippen molar-refractivity contribution >= 4 is 15.7 Å². The number of sulfone groups is 1. The van der Waals surface area contributed by atoms with Crippen molar-refractivity contribution in [2.75, 3.05) is 24.6 Å². The third-order valence-corrected chi connectivity index (χ3v) is 5.57. The molecule has 0 aromatic carbocycles. The molecule has 1 heterocycles. The number of carbonyl (C=O) groups is 1. The number of nitrogens with one attached hydrogen (secondary N) is 2. The highest BCUT2D eigenvalue weighted by Gasteiger charge is 2.26. The Bertz CT molecular complexity index is 390. The lowest BCUT2D eigenvalue weighted by atomic mass is 9.83. The zero-order chi connectivity index (χ0) is 13.0. The summed E-state index contributed by atoms with van der Waals surface area (Å²) in [4.78, 5) is 11.7. The molecule has 0 bridgehead atoms. The van der Waals surface area contributed by atoms with E-state index in [9.17, 15) is 13.2 Å². The molecule has 1 saturated heterocycles. The van der Waals surface area contributed by atoms with Gasteiger partial charge in [0.25, 0.3) is 0 Å². The molecule has 1 atom stereocenters. The maximum Gasteiger partial charge on any atom is 0.221 e. The largest absolute Gasteiger partial charge is 0.356 e. The average Bonchev–Trinajstić information content (AvgIpc) is 2.20. The van der Waals surface area contributed by atoms with Crippen LogP contribution in [0.25, 0.3) is 0 Å². The Morgan fingerprint density at radius 2 is 2.11 bits per heavy atom. The first-order valence-corrected chi connectivity index (χ1v) is 8.58. The predicted molar refractivity (Wildman–Crippen MR) is 70.0 cm³/mol. The zero-order valence-corrected chi connectivity index (χ0v) is 11.5. The first-order valence-electron chi connectivity index (χ1n) is 6.76. The zero-order valence-electron chi connectivity index (χ0n) is 10.7. The van der Waals surface area contributed by atoms with Crippen LogP contribution in [0.1, 0.15) is 32.1 Å². The Hall–Kier alpha value is -0.620. The van der Waals surface area contributed by atoms with Crippen molar-refractivity contribution in [3.05, 3.63) is 0 Å². The van der Waals surface area contributed by atoms with Crippen LogP contribution < -0.4 is 10.6 Å². The fourth-order valence-electron chi connectivity index (χ4n) is 2.49. The molecule has 1 unspecified atom stereocenters. The molecular weight excluding hydrogens is 252 g/mol. The van der Waals surface area contributed by atoms with E-state index in [1.165, 1.54) is 19.3 Å². The fourth-order valence-corrected chi connectivity index (χ4v) is 3.94. The SMILES string of the molecule is O=C(CC1CS(=O)(=O)CCN1)NCCC1CCC1. The molecule has 1 amide bonds. The quantitative estimate of drug-likeness (QED) is 0.744. The van der Waals surface area contributed by atoms with Gasteiger partial charge in [0.05, 0.1) is 11.5 Å². The van der Waals surface area contributed by atoms with Crippen LogP contribution in [-0.4, -0.2) is 45.0 Å². The lowest BCUT2D eigenvalue weighted by Crippen LogP contribution is -2.47. The fraction of sp³-hybridized carbons (Fsp3) is 0.917. The highest BCUT2D eigenvalue weighted by molar-refractivity contribution is 7.91. The first kappa shape index (κ1) is 13.8. The Labute approximate surface area is 109 Å². The molecule has 18 heavy (non-hydrogen) atoms. The standard InChI is InChI=1S/C12H22N2O3S/c15-12(14-5-4-10-2-1-3-10)8-11-9-18(16,17)7-6-13-11/h10-11,13H,1-9H2,(H,14,15). The van der Waals surface area contributed by atoms with Gasteiger partial charge >= 0.3 is 0 Å². The Kier molecular flexibility index (Phi) is 4.61. The Balaban J connectivity index is 1.63. The number of hydrogen-bond acceptors (Lipinski definition) is 4.